The Hall–Kier alpha value is -1.89. The van der Waals surface area contributed by atoms with E-state index in [0.717, 1.165) is 18.4 Å². The number of carbonyl (C=O) groups excluding carboxylic acids is 1. The van der Waals surface area contributed by atoms with Crippen LogP contribution in [-0.2, 0) is 15.1 Å². The zero-order valence-electron chi connectivity index (χ0n) is 13.9. The molecule has 26 heavy (non-hydrogen) atoms. The van der Waals surface area contributed by atoms with Crippen molar-refractivity contribution in [2.75, 3.05) is 29.6 Å². The number of halogens is 2. The van der Waals surface area contributed by atoms with Gasteiger partial charge in [-0.05, 0) is 42.1 Å². The van der Waals surface area contributed by atoms with Gasteiger partial charge in [-0.1, -0.05) is 23.7 Å². The molecule has 0 spiro atoms. The lowest BCUT2D eigenvalue weighted by atomic mass is 9.98. The van der Waals surface area contributed by atoms with Gasteiger partial charge in [-0.3, -0.25) is 9.69 Å². The first-order valence-electron chi connectivity index (χ1n) is 8.57. The molecule has 1 aliphatic carbocycles. The molecular weight excluding hydrogens is 375 g/mol. The van der Waals surface area contributed by atoms with Crippen molar-refractivity contribution >= 4 is 40.6 Å². The van der Waals surface area contributed by atoms with Gasteiger partial charge in [0, 0.05) is 11.6 Å². The molecule has 1 aromatic heterocycles. The third-order valence-electron chi connectivity index (χ3n) is 5.40. The molecular formula is C18H16Cl2N4O2. The molecule has 2 fully saturated rings. The summed E-state index contributed by atoms with van der Waals surface area (Å²) in [5.41, 5.74) is 1.41. The van der Waals surface area contributed by atoms with E-state index in [1.54, 1.807) is 6.20 Å². The Bertz CT molecular complexity index is 885. The number of rotatable bonds is 2. The molecule has 2 aromatic rings. The lowest BCUT2D eigenvalue weighted by Crippen LogP contribution is -2.61. The Balaban J connectivity index is 1.66. The van der Waals surface area contributed by atoms with Crippen LogP contribution in [0.3, 0.4) is 0 Å². The Morgan fingerprint density at radius 2 is 1.96 bits per heavy atom. The predicted octanol–water partition coefficient (Wildman–Crippen LogP) is 3.02. The molecule has 5 rings (SSSR count). The van der Waals surface area contributed by atoms with Gasteiger partial charge in [0.05, 0.1) is 24.9 Å². The van der Waals surface area contributed by atoms with E-state index in [0.29, 0.717) is 36.3 Å². The zero-order chi connectivity index (χ0) is 17.9. The minimum absolute atomic E-state index is 0.0237. The second-order valence-electron chi connectivity index (χ2n) is 6.84. The maximum absolute atomic E-state index is 13.4. The van der Waals surface area contributed by atoms with Crippen LogP contribution in [0.5, 0.6) is 0 Å². The van der Waals surface area contributed by atoms with E-state index >= 15 is 0 Å². The van der Waals surface area contributed by atoms with Gasteiger partial charge in [0.25, 0.3) is 5.91 Å². The van der Waals surface area contributed by atoms with Crippen LogP contribution in [-0.4, -0.2) is 41.7 Å². The topological polar surface area (TPSA) is 58.6 Å². The van der Waals surface area contributed by atoms with Gasteiger partial charge in [0.2, 0.25) is 5.28 Å². The molecule has 3 aliphatic rings. The molecule has 1 saturated carbocycles. The quantitative estimate of drug-likeness (QED) is 0.737. The van der Waals surface area contributed by atoms with Crippen LogP contribution in [0.1, 0.15) is 18.4 Å². The summed E-state index contributed by atoms with van der Waals surface area (Å²) in [7, 11) is 0. The third kappa shape index (κ3) is 2.32. The summed E-state index contributed by atoms with van der Waals surface area (Å²) in [4.78, 5) is 25.9. The van der Waals surface area contributed by atoms with Gasteiger partial charge < -0.3 is 9.64 Å². The first-order valence-corrected chi connectivity index (χ1v) is 9.33. The summed E-state index contributed by atoms with van der Waals surface area (Å²) in [5.74, 6) is 0.730. The molecule has 1 amide bonds. The minimum atomic E-state index is -0.382. The lowest BCUT2D eigenvalue weighted by Gasteiger charge is -2.46. The number of hydrogen-bond donors (Lipinski definition) is 0. The summed E-state index contributed by atoms with van der Waals surface area (Å²) < 4.78 is 5.57. The van der Waals surface area contributed by atoms with Crippen molar-refractivity contribution in [2.24, 2.45) is 0 Å². The van der Waals surface area contributed by atoms with Crippen molar-refractivity contribution in [1.82, 2.24) is 9.97 Å². The molecule has 0 N–H and O–H groups in total. The van der Waals surface area contributed by atoms with E-state index in [4.69, 9.17) is 27.9 Å². The number of amides is 1. The SMILES string of the molecule is O=C1C2COCCN2c2nc(Cl)ncc2N1C1(c2ccc(Cl)cc2)CC1. The number of fused-ring (bicyclic) bond motifs is 3. The largest absolute Gasteiger partial charge is 0.377 e. The highest BCUT2D eigenvalue weighted by Gasteiger charge is 2.57. The Morgan fingerprint density at radius 1 is 1.19 bits per heavy atom. The molecule has 8 heteroatoms. The number of carbonyl (C=O) groups is 1. The highest BCUT2D eigenvalue weighted by molar-refractivity contribution is 6.30. The fourth-order valence-electron chi connectivity index (χ4n) is 4.01. The fourth-order valence-corrected chi connectivity index (χ4v) is 4.26. The zero-order valence-corrected chi connectivity index (χ0v) is 15.4. The maximum atomic E-state index is 13.4. The molecule has 134 valence electrons. The van der Waals surface area contributed by atoms with Crippen LogP contribution in [0, 0.1) is 0 Å². The van der Waals surface area contributed by atoms with Crippen molar-refractivity contribution < 1.29 is 9.53 Å². The highest BCUT2D eigenvalue weighted by atomic mass is 35.5. The van der Waals surface area contributed by atoms with Crippen molar-refractivity contribution in [3.05, 3.63) is 46.3 Å². The Labute approximate surface area is 160 Å². The number of nitrogens with zero attached hydrogens (tertiary/aromatic N) is 4. The van der Waals surface area contributed by atoms with Gasteiger partial charge in [-0.25, -0.2) is 4.98 Å². The molecule has 1 saturated heterocycles. The number of anilines is 2. The van der Waals surface area contributed by atoms with Crippen LogP contribution in [0.2, 0.25) is 10.3 Å². The van der Waals surface area contributed by atoms with Gasteiger partial charge in [0.1, 0.15) is 11.7 Å². The first kappa shape index (κ1) is 16.3. The van der Waals surface area contributed by atoms with Crippen molar-refractivity contribution in [3.63, 3.8) is 0 Å². The van der Waals surface area contributed by atoms with Gasteiger partial charge in [0.15, 0.2) is 5.82 Å². The van der Waals surface area contributed by atoms with E-state index in [1.165, 1.54) is 0 Å². The molecule has 1 unspecified atom stereocenters. The number of ether oxygens (including phenoxy) is 1. The van der Waals surface area contributed by atoms with Crippen LogP contribution >= 0.6 is 23.2 Å². The van der Waals surface area contributed by atoms with Gasteiger partial charge in [-0.2, -0.15) is 4.98 Å². The van der Waals surface area contributed by atoms with Crippen molar-refractivity contribution in [3.8, 4) is 0 Å². The van der Waals surface area contributed by atoms with E-state index in [2.05, 4.69) is 9.97 Å². The Morgan fingerprint density at radius 3 is 2.69 bits per heavy atom. The molecule has 2 aliphatic heterocycles. The molecule has 1 aromatic carbocycles. The number of aromatic nitrogens is 2. The first-order chi connectivity index (χ1) is 12.6. The highest BCUT2D eigenvalue weighted by Crippen LogP contribution is 2.55. The predicted molar refractivity (Wildman–Crippen MR) is 98.8 cm³/mol. The monoisotopic (exact) mass is 390 g/mol. The van der Waals surface area contributed by atoms with Gasteiger partial charge >= 0.3 is 0 Å². The summed E-state index contributed by atoms with van der Waals surface area (Å²) in [5, 5.41) is 0.858. The second kappa shape index (κ2) is 5.81. The van der Waals surface area contributed by atoms with E-state index < -0.39 is 0 Å². The molecule has 3 heterocycles. The Kier molecular flexibility index (Phi) is 3.64. The molecule has 6 nitrogen and oxygen atoms in total. The molecule has 1 atom stereocenters. The minimum Gasteiger partial charge on any atom is -0.377 e. The van der Waals surface area contributed by atoms with E-state index in [9.17, 15) is 4.79 Å². The standard InChI is InChI=1S/C18H16Cl2N4O2/c19-12-3-1-11(2-4-12)18(5-6-18)24-13-9-21-17(20)22-15(13)23-7-8-26-10-14(23)16(24)25/h1-4,9,14H,5-8,10H2. The summed E-state index contributed by atoms with van der Waals surface area (Å²) in [6.07, 6.45) is 3.43. The number of hydrogen-bond acceptors (Lipinski definition) is 5. The van der Waals surface area contributed by atoms with Crippen molar-refractivity contribution in [1.29, 1.82) is 0 Å². The molecule has 0 radical (unpaired) electrons. The average Bonchev–Trinajstić information content (AvgIpc) is 3.45. The van der Waals surface area contributed by atoms with E-state index in [-0.39, 0.29) is 22.8 Å². The van der Waals surface area contributed by atoms with Crippen LogP contribution < -0.4 is 9.80 Å². The van der Waals surface area contributed by atoms with Crippen LogP contribution in [0.25, 0.3) is 0 Å². The maximum Gasteiger partial charge on any atom is 0.253 e. The smallest absolute Gasteiger partial charge is 0.253 e. The summed E-state index contributed by atoms with van der Waals surface area (Å²) in [6, 6.07) is 7.32. The summed E-state index contributed by atoms with van der Waals surface area (Å²) >= 11 is 12.1. The van der Waals surface area contributed by atoms with Crippen LogP contribution in [0.4, 0.5) is 11.5 Å². The van der Waals surface area contributed by atoms with Gasteiger partial charge in [-0.15, -0.1) is 0 Å². The number of morpholine rings is 1. The number of benzene rings is 1. The lowest BCUT2D eigenvalue weighted by molar-refractivity contribution is -0.123. The fraction of sp³-hybridized carbons (Fsp3) is 0.389. The summed E-state index contributed by atoms with van der Waals surface area (Å²) in [6.45, 7) is 1.53. The van der Waals surface area contributed by atoms with E-state index in [1.807, 2.05) is 34.1 Å². The third-order valence-corrected chi connectivity index (χ3v) is 5.83. The second-order valence-corrected chi connectivity index (χ2v) is 7.62. The average molecular weight is 391 g/mol. The molecule has 0 bridgehead atoms. The van der Waals surface area contributed by atoms with Crippen LogP contribution in [0.15, 0.2) is 30.5 Å². The van der Waals surface area contributed by atoms with Crippen molar-refractivity contribution in [2.45, 2.75) is 24.4 Å². The normalized spacial score (nSPS) is 23.5.